The Hall–Kier alpha value is -4.02. The molecule has 1 unspecified atom stereocenters. The van der Waals surface area contributed by atoms with Crippen molar-refractivity contribution in [2.45, 2.75) is 50.2 Å². The number of Topliss-reactive ketones (excluding diaryl/α,β-unsaturated/α-hetero) is 2. The third-order valence-corrected chi connectivity index (χ3v) is 9.17. The van der Waals surface area contributed by atoms with Crippen molar-refractivity contribution < 1.29 is 39.2 Å². The minimum absolute atomic E-state index is 0.0197. The fraction of sp³-hybridized carbons (Fsp3) is 0.406. The third-order valence-electron chi connectivity index (χ3n) is 9.17. The number of aliphatic hydroxyl groups excluding tert-OH is 2. The van der Waals surface area contributed by atoms with Crippen molar-refractivity contribution in [2.24, 2.45) is 17.6 Å². The summed E-state index contributed by atoms with van der Waals surface area (Å²) in [5.74, 6) is -6.64. The van der Waals surface area contributed by atoms with Crippen molar-refractivity contribution in [3.63, 3.8) is 0 Å². The molecule has 3 aliphatic rings. The molecule has 9 nitrogen and oxygen atoms in total. The monoisotopic (exact) mass is 578 g/mol. The first-order valence-corrected chi connectivity index (χ1v) is 14.0. The Morgan fingerprint density at radius 2 is 1.79 bits per heavy atom. The van der Waals surface area contributed by atoms with Crippen LogP contribution in [0.25, 0.3) is 16.9 Å². The van der Waals surface area contributed by atoms with Gasteiger partial charge in [0, 0.05) is 11.5 Å². The minimum atomic E-state index is -2.67. The number of halogens is 1. The molecule has 2 aromatic rings. The molecule has 0 bridgehead atoms. The molecular weight excluding hydrogens is 543 g/mol. The lowest BCUT2D eigenvalue weighted by Crippen LogP contribution is -2.65. The molecule has 10 heteroatoms. The van der Waals surface area contributed by atoms with Crippen LogP contribution in [-0.4, -0.2) is 75.2 Å². The molecule has 0 radical (unpaired) electrons. The van der Waals surface area contributed by atoms with E-state index in [0.717, 1.165) is 23.1 Å². The number of hydrogen-bond acceptors (Lipinski definition) is 8. The maximum absolute atomic E-state index is 14.0. The summed E-state index contributed by atoms with van der Waals surface area (Å²) in [7, 11) is 3.12. The smallest absolute Gasteiger partial charge is 0.255 e. The van der Waals surface area contributed by atoms with E-state index in [1.54, 1.807) is 20.2 Å². The quantitative estimate of drug-likeness (QED) is 0.312. The molecule has 6 N–H and O–H groups in total. The van der Waals surface area contributed by atoms with E-state index >= 15 is 0 Å². The first-order valence-electron chi connectivity index (χ1n) is 14.0. The Balaban J connectivity index is 1.63. The summed E-state index contributed by atoms with van der Waals surface area (Å²) in [4.78, 5) is 40.9. The number of phenolic OH excluding ortho intramolecular Hbond substituents is 1. The van der Waals surface area contributed by atoms with Gasteiger partial charge in [-0.25, -0.2) is 0 Å². The van der Waals surface area contributed by atoms with E-state index in [9.17, 15) is 39.2 Å². The molecule has 0 aliphatic heterocycles. The Bertz CT molecular complexity index is 1540. The molecule has 0 aromatic heterocycles. The van der Waals surface area contributed by atoms with Gasteiger partial charge in [0.2, 0.25) is 5.78 Å². The number of ketones is 2. The summed E-state index contributed by atoms with van der Waals surface area (Å²) in [6, 6.07) is 9.78. The number of alkyl halides is 1. The number of carbonyl (C=O) groups is 3. The van der Waals surface area contributed by atoms with E-state index in [1.807, 2.05) is 31.2 Å². The number of benzene rings is 2. The zero-order valence-corrected chi connectivity index (χ0v) is 23.7. The average Bonchev–Trinajstić information content (AvgIpc) is 2.93. The Labute approximate surface area is 242 Å². The van der Waals surface area contributed by atoms with E-state index < -0.39 is 58.0 Å². The van der Waals surface area contributed by atoms with Crippen LogP contribution in [0.5, 0.6) is 5.75 Å². The van der Waals surface area contributed by atoms with Gasteiger partial charge < -0.3 is 26.2 Å². The topological polar surface area (TPSA) is 161 Å². The molecule has 2 aromatic carbocycles. The van der Waals surface area contributed by atoms with E-state index in [1.165, 1.54) is 11.0 Å². The number of likely N-dealkylation sites (N-methyl/N-ethyl adjacent to an activating group) is 1. The molecule has 0 saturated heterocycles. The van der Waals surface area contributed by atoms with Gasteiger partial charge in [0.05, 0.1) is 18.3 Å². The highest BCUT2D eigenvalue weighted by molar-refractivity contribution is 6.24. The highest BCUT2D eigenvalue weighted by Gasteiger charge is 2.64. The lowest BCUT2D eigenvalue weighted by atomic mass is 9.57. The van der Waals surface area contributed by atoms with Crippen molar-refractivity contribution in [2.75, 3.05) is 20.8 Å². The normalized spacial score (nSPS) is 26.2. The number of phenols is 1. The standard InChI is InChI=1S/C32H35FN2O7/c1-15(5-4-12-33)16-6-8-17(9-7-16)19-10-11-22(36)24-20(19)13-18-14-21-26(35(2)3)28(38)25(31(34)41)30(40)32(21,42)29(39)23(18)27(24)37/h6-11,15,18,21,26,36-37,40,42H,4-5,12-14H2,1-3H3,(H2,34,41)/t15?,18-,21-,26-,32-/m0/s1. The van der Waals surface area contributed by atoms with Crippen molar-refractivity contribution in [1.82, 2.24) is 4.90 Å². The average molecular weight is 579 g/mol. The summed E-state index contributed by atoms with van der Waals surface area (Å²) in [6.45, 7) is 1.67. The molecule has 5 rings (SSSR count). The zero-order valence-electron chi connectivity index (χ0n) is 23.7. The van der Waals surface area contributed by atoms with E-state index in [-0.39, 0.29) is 42.3 Å². The Morgan fingerprint density at radius 3 is 2.38 bits per heavy atom. The predicted octanol–water partition coefficient (Wildman–Crippen LogP) is 3.48. The van der Waals surface area contributed by atoms with E-state index in [2.05, 4.69) is 0 Å². The van der Waals surface area contributed by atoms with Crippen LogP contribution in [-0.2, 0) is 20.8 Å². The molecule has 1 amide bonds. The molecule has 0 heterocycles. The molecule has 222 valence electrons. The first-order chi connectivity index (χ1) is 19.8. The van der Waals surface area contributed by atoms with Gasteiger partial charge in [-0.1, -0.05) is 37.3 Å². The molecule has 3 aliphatic carbocycles. The largest absolute Gasteiger partial charge is 0.508 e. The molecule has 1 saturated carbocycles. The van der Waals surface area contributed by atoms with Gasteiger partial charge >= 0.3 is 0 Å². The first kappa shape index (κ1) is 29.5. The number of primary amides is 1. The summed E-state index contributed by atoms with van der Waals surface area (Å²) >= 11 is 0. The molecule has 42 heavy (non-hydrogen) atoms. The maximum atomic E-state index is 14.0. The predicted molar refractivity (Wildman–Crippen MR) is 153 cm³/mol. The SMILES string of the molecule is CC(CCCF)c1ccc(-c2ccc(O)c3c2C[C@H]2C[C@H]4[C@H](N(C)C)C(=O)C(C(N)=O)=C(O)[C@@]4(O)C(=O)C2=C3O)cc1. The van der Waals surface area contributed by atoms with Gasteiger partial charge in [0.1, 0.15) is 22.8 Å². The number of nitrogens with two attached hydrogens (primary N) is 1. The van der Waals surface area contributed by atoms with Gasteiger partial charge in [-0.3, -0.25) is 23.7 Å². The van der Waals surface area contributed by atoms with Gasteiger partial charge in [0.15, 0.2) is 11.4 Å². The van der Waals surface area contributed by atoms with Gasteiger partial charge in [-0.15, -0.1) is 0 Å². The van der Waals surface area contributed by atoms with Crippen LogP contribution in [0.4, 0.5) is 4.39 Å². The lowest BCUT2D eigenvalue weighted by molar-refractivity contribution is -0.153. The van der Waals surface area contributed by atoms with Crippen LogP contribution >= 0.6 is 0 Å². The zero-order chi connectivity index (χ0) is 30.7. The third kappa shape index (κ3) is 4.32. The molecule has 1 fully saturated rings. The summed E-state index contributed by atoms with van der Waals surface area (Å²) in [5.41, 5.74) is 4.91. The number of aromatic hydroxyl groups is 1. The number of amides is 1. The molecule has 0 spiro atoms. The Kier molecular flexibility index (Phi) is 7.49. The van der Waals surface area contributed by atoms with Gasteiger partial charge in [-0.2, -0.15) is 0 Å². The summed E-state index contributed by atoms with van der Waals surface area (Å²) in [5, 5.41) is 45.0. The van der Waals surface area contributed by atoms with Crippen LogP contribution in [0.3, 0.4) is 0 Å². The highest BCUT2D eigenvalue weighted by Crippen LogP contribution is 2.53. The highest BCUT2D eigenvalue weighted by atomic mass is 19.1. The van der Waals surface area contributed by atoms with Gasteiger partial charge in [-0.05, 0) is 79.9 Å². The van der Waals surface area contributed by atoms with Crippen LogP contribution < -0.4 is 5.73 Å². The molecular formula is C32H35FN2O7. The number of aliphatic hydroxyl groups is 3. The summed E-state index contributed by atoms with van der Waals surface area (Å²) in [6.07, 6.45) is 1.42. The number of carbonyl (C=O) groups excluding carboxylic acids is 3. The lowest BCUT2D eigenvalue weighted by Gasteiger charge is -2.50. The van der Waals surface area contributed by atoms with Crippen molar-refractivity contribution >= 4 is 23.2 Å². The van der Waals surface area contributed by atoms with Crippen molar-refractivity contribution in [1.29, 1.82) is 0 Å². The van der Waals surface area contributed by atoms with Crippen molar-refractivity contribution in [3.8, 4) is 16.9 Å². The van der Waals surface area contributed by atoms with Crippen LogP contribution in [0, 0.1) is 11.8 Å². The van der Waals surface area contributed by atoms with Crippen LogP contribution in [0.1, 0.15) is 48.8 Å². The number of rotatable bonds is 7. The second-order valence-corrected chi connectivity index (χ2v) is 11.8. The number of hydrogen-bond donors (Lipinski definition) is 5. The number of fused-ring (bicyclic) bond motifs is 3. The van der Waals surface area contributed by atoms with Crippen molar-refractivity contribution in [3.05, 3.63) is 70.0 Å². The maximum Gasteiger partial charge on any atom is 0.255 e. The van der Waals surface area contributed by atoms with E-state index in [4.69, 9.17) is 5.73 Å². The fourth-order valence-corrected chi connectivity index (χ4v) is 7.06. The van der Waals surface area contributed by atoms with Gasteiger partial charge in [0.25, 0.3) is 5.91 Å². The Morgan fingerprint density at radius 1 is 1.12 bits per heavy atom. The van der Waals surface area contributed by atoms with Crippen LogP contribution in [0.15, 0.2) is 53.3 Å². The second kappa shape index (κ2) is 10.7. The number of nitrogens with zero attached hydrogens (tertiary/aromatic N) is 1. The van der Waals surface area contributed by atoms with Crippen LogP contribution in [0.2, 0.25) is 0 Å². The molecule has 5 atom stereocenters. The summed E-state index contributed by atoms with van der Waals surface area (Å²) < 4.78 is 12.7. The second-order valence-electron chi connectivity index (χ2n) is 11.8. The minimum Gasteiger partial charge on any atom is -0.508 e. The fourth-order valence-electron chi connectivity index (χ4n) is 7.06. The van der Waals surface area contributed by atoms with E-state index in [0.29, 0.717) is 12.0 Å².